The molecule has 0 saturated carbocycles. The summed E-state index contributed by atoms with van der Waals surface area (Å²) in [5, 5.41) is 6.02. The van der Waals surface area contributed by atoms with Crippen LogP contribution in [-0.4, -0.2) is 36.3 Å². The lowest BCUT2D eigenvalue weighted by Crippen LogP contribution is -2.32. The number of carbonyl (C=O) groups excluding carboxylic acids is 2. The fourth-order valence-corrected chi connectivity index (χ4v) is 3.13. The maximum absolute atomic E-state index is 12.6. The largest absolute Gasteiger partial charge is 0.376 e. The first-order valence-corrected chi connectivity index (χ1v) is 9.95. The summed E-state index contributed by atoms with van der Waals surface area (Å²) in [6.45, 7) is 9.91. The first kappa shape index (κ1) is 21.5. The molecule has 150 valence electrons. The maximum atomic E-state index is 12.6. The number of benzene rings is 2. The number of nitrogens with zero attached hydrogens (tertiary/aromatic N) is 1. The van der Waals surface area contributed by atoms with E-state index in [0.29, 0.717) is 11.3 Å². The minimum absolute atomic E-state index is 0.0399. The highest BCUT2D eigenvalue weighted by Gasteiger charge is 2.14. The summed E-state index contributed by atoms with van der Waals surface area (Å²) in [7, 11) is 0. The molecule has 0 spiro atoms. The molecular weight excluding hydrogens is 350 g/mol. The van der Waals surface area contributed by atoms with Gasteiger partial charge < -0.3 is 15.5 Å². The van der Waals surface area contributed by atoms with Crippen LogP contribution in [0.2, 0.25) is 0 Å². The fraction of sp³-hybridized carbons (Fsp3) is 0.391. The number of hydrogen-bond acceptors (Lipinski definition) is 3. The van der Waals surface area contributed by atoms with Gasteiger partial charge in [-0.2, -0.15) is 0 Å². The van der Waals surface area contributed by atoms with E-state index >= 15 is 0 Å². The third-order valence-electron chi connectivity index (χ3n) is 4.51. The van der Waals surface area contributed by atoms with E-state index in [1.54, 1.807) is 24.3 Å². The van der Waals surface area contributed by atoms with Crippen molar-refractivity contribution in [2.24, 2.45) is 0 Å². The van der Waals surface area contributed by atoms with Crippen LogP contribution in [0.3, 0.4) is 0 Å². The Morgan fingerprint density at radius 3 is 2.14 bits per heavy atom. The molecule has 2 rings (SSSR count). The summed E-state index contributed by atoms with van der Waals surface area (Å²) in [4.78, 5) is 26.7. The lowest BCUT2D eigenvalue weighted by atomic mass is 10.1. The van der Waals surface area contributed by atoms with E-state index in [-0.39, 0.29) is 18.4 Å². The second kappa shape index (κ2) is 10.5. The molecule has 5 heteroatoms. The predicted octanol–water partition coefficient (Wildman–Crippen LogP) is 4.62. The zero-order valence-electron chi connectivity index (χ0n) is 17.3. The molecule has 2 aromatic rings. The number of rotatable bonds is 9. The van der Waals surface area contributed by atoms with Crippen molar-refractivity contribution in [2.75, 3.05) is 30.3 Å². The number of carbonyl (C=O) groups is 2. The topological polar surface area (TPSA) is 61.4 Å². The number of hydrogen-bond donors (Lipinski definition) is 2. The van der Waals surface area contributed by atoms with Crippen molar-refractivity contribution in [3.63, 3.8) is 0 Å². The SMILES string of the molecule is CCCN(CCC)C(=O)c1ccc(NC(=O)CNc2ccc(C)cc2C)cc1. The van der Waals surface area contributed by atoms with Crippen LogP contribution in [0, 0.1) is 13.8 Å². The van der Waals surface area contributed by atoms with Crippen molar-refractivity contribution in [1.29, 1.82) is 0 Å². The fourth-order valence-electron chi connectivity index (χ4n) is 3.13. The summed E-state index contributed by atoms with van der Waals surface area (Å²) in [5.41, 5.74) is 4.58. The average molecular weight is 382 g/mol. The van der Waals surface area contributed by atoms with Crippen molar-refractivity contribution in [3.05, 3.63) is 59.2 Å². The summed E-state index contributed by atoms with van der Waals surface area (Å²) >= 11 is 0. The quantitative estimate of drug-likeness (QED) is 0.666. The molecule has 0 radical (unpaired) electrons. The number of amides is 2. The van der Waals surface area contributed by atoms with Crippen molar-refractivity contribution < 1.29 is 9.59 Å². The molecule has 2 N–H and O–H groups in total. The van der Waals surface area contributed by atoms with Gasteiger partial charge in [-0.1, -0.05) is 31.5 Å². The number of nitrogens with one attached hydrogen (secondary N) is 2. The van der Waals surface area contributed by atoms with E-state index < -0.39 is 0 Å². The van der Waals surface area contributed by atoms with Crippen LogP contribution < -0.4 is 10.6 Å². The maximum Gasteiger partial charge on any atom is 0.253 e. The van der Waals surface area contributed by atoms with Crippen LogP contribution in [0.15, 0.2) is 42.5 Å². The van der Waals surface area contributed by atoms with Crippen LogP contribution in [0.5, 0.6) is 0 Å². The molecule has 0 unspecified atom stereocenters. The molecule has 5 nitrogen and oxygen atoms in total. The third kappa shape index (κ3) is 6.12. The minimum atomic E-state index is -0.127. The molecule has 0 aliphatic carbocycles. The zero-order chi connectivity index (χ0) is 20.5. The van der Waals surface area contributed by atoms with Gasteiger partial charge in [0.2, 0.25) is 5.91 Å². The van der Waals surface area contributed by atoms with Crippen molar-refractivity contribution >= 4 is 23.2 Å². The summed E-state index contributed by atoms with van der Waals surface area (Å²) < 4.78 is 0. The molecule has 2 aromatic carbocycles. The normalized spacial score (nSPS) is 10.4. The molecule has 0 aliphatic rings. The van der Waals surface area contributed by atoms with Crippen molar-refractivity contribution in [3.8, 4) is 0 Å². The first-order chi connectivity index (χ1) is 13.4. The molecular formula is C23H31N3O2. The lowest BCUT2D eigenvalue weighted by molar-refractivity contribution is -0.114. The van der Waals surface area contributed by atoms with Gasteiger partial charge in [0.25, 0.3) is 5.91 Å². The van der Waals surface area contributed by atoms with Crippen LogP contribution in [0.25, 0.3) is 0 Å². The minimum Gasteiger partial charge on any atom is -0.376 e. The highest BCUT2D eigenvalue weighted by atomic mass is 16.2. The van der Waals surface area contributed by atoms with E-state index in [1.807, 2.05) is 30.9 Å². The summed E-state index contributed by atoms with van der Waals surface area (Å²) in [6, 6.07) is 13.2. The van der Waals surface area contributed by atoms with E-state index in [4.69, 9.17) is 0 Å². The van der Waals surface area contributed by atoms with Gasteiger partial charge in [-0.25, -0.2) is 0 Å². The van der Waals surface area contributed by atoms with Gasteiger partial charge in [0.15, 0.2) is 0 Å². The molecule has 2 amide bonds. The average Bonchev–Trinajstić information content (AvgIpc) is 2.67. The Kier molecular flexibility index (Phi) is 8.05. The third-order valence-corrected chi connectivity index (χ3v) is 4.51. The molecule has 0 bridgehead atoms. The highest BCUT2D eigenvalue weighted by molar-refractivity contribution is 5.96. The Hall–Kier alpha value is -2.82. The van der Waals surface area contributed by atoms with Gasteiger partial charge in [-0.15, -0.1) is 0 Å². The van der Waals surface area contributed by atoms with E-state index in [0.717, 1.165) is 37.2 Å². The molecule has 0 heterocycles. The smallest absolute Gasteiger partial charge is 0.253 e. The van der Waals surface area contributed by atoms with Gasteiger partial charge >= 0.3 is 0 Å². The van der Waals surface area contributed by atoms with E-state index in [2.05, 4.69) is 30.5 Å². The standard InChI is InChI=1S/C23H31N3O2/c1-5-13-26(14-6-2)23(28)19-8-10-20(11-9-19)25-22(27)16-24-21-12-7-17(3)15-18(21)4/h7-12,15,24H,5-6,13-14,16H2,1-4H3,(H,25,27). The van der Waals surface area contributed by atoms with Gasteiger partial charge in [0.1, 0.15) is 0 Å². The van der Waals surface area contributed by atoms with Crippen molar-refractivity contribution in [2.45, 2.75) is 40.5 Å². The van der Waals surface area contributed by atoms with Gasteiger partial charge in [0.05, 0.1) is 6.54 Å². The predicted molar refractivity (Wildman–Crippen MR) is 116 cm³/mol. The zero-order valence-corrected chi connectivity index (χ0v) is 17.3. The van der Waals surface area contributed by atoms with Crippen LogP contribution >= 0.6 is 0 Å². The molecule has 0 atom stereocenters. The van der Waals surface area contributed by atoms with Crippen LogP contribution in [0.4, 0.5) is 11.4 Å². The van der Waals surface area contributed by atoms with Gasteiger partial charge in [-0.05, 0) is 62.6 Å². The molecule has 0 aromatic heterocycles. The van der Waals surface area contributed by atoms with Crippen LogP contribution in [-0.2, 0) is 4.79 Å². The van der Waals surface area contributed by atoms with Crippen molar-refractivity contribution in [1.82, 2.24) is 4.90 Å². The second-order valence-electron chi connectivity index (χ2n) is 7.09. The first-order valence-electron chi connectivity index (χ1n) is 9.95. The second-order valence-corrected chi connectivity index (χ2v) is 7.09. The van der Waals surface area contributed by atoms with Gasteiger partial charge in [-0.3, -0.25) is 9.59 Å². The molecule has 0 aliphatic heterocycles. The molecule has 0 saturated heterocycles. The monoisotopic (exact) mass is 381 g/mol. The van der Waals surface area contributed by atoms with Gasteiger partial charge in [0, 0.05) is 30.0 Å². The molecule has 28 heavy (non-hydrogen) atoms. The van der Waals surface area contributed by atoms with E-state index in [1.165, 1.54) is 5.56 Å². The number of anilines is 2. The Morgan fingerprint density at radius 2 is 1.57 bits per heavy atom. The summed E-state index contributed by atoms with van der Waals surface area (Å²) in [6.07, 6.45) is 1.88. The Labute approximate surface area is 168 Å². The molecule has 0 fully saturated rings. The highest BCUT2D eigenvalue weighted by Crippen LogP contribution is 2.16. The van der Waals surface area contributed by atoms with E-state index in [9.17, 15) is 9.59 Å². The number of aryl methyl sites for hydroxylation is 2. The summed E-state index contributed by atoms with van der Waals surface area (Å²) in [5.74, 6) is -0.0873. The Balaban J connectivity index is 1.92. The van der Waals surface area contributed by atoms with Crippen LogP contribution in [0.1, 0.15) is 48.2 Å². The lowest BCUT2D eigenvalue weighted by Gasteiger charge is -2.21. The Bertz CT molecular complexity index is 794. The Morgan fingerprint density at radius 1 is 0.929 bits per heavy atom.